The van der Waals surface area contributed by atoms with E-state index in [1.165, 1.54) is 5.39 Å². The SMILES string of the molecule is CCN(CC)c1nc2cc(OC(C)N(CC)CC)ccc2c2ccc(OC(C)N(CC)CC)cc12. The van der Waals surface area contributed by atoms with Gasteiger partial charge in [-0.25, -0.2) is 4.98 Å². The monoisotopic (exact) mass is 480 g/mol. The van der Waals surface area contributed by atoms with Gasteiger partial charge in [0.15, 0.2) is 0 Å². The molecule has 0 N–H and O–H groups in total. The molecule has 3 aromatic rings. The summed E-state index contributed by atoms with van der Waals surface area (Å²) in [6, 6.07) is 12.7. The third-order valence-corrected chi connectivity index (χ3v) is 7.05. The highest BCUT2D eigenvalue weighted by Crippen LogP contribution is 2.35. The van der Waals surface area contributed by atoms with Gasteiger partial charge in [0, 0.05) is 29.9 Å². The van der Waals surface area contributed by atoms with E-state index in [1.54, 1.807) is 0 Å². The number of aromatic nitrogens is 1. The smallest absolute Gasteiger partial charge is 0.149 e. The van der Waals surface area contributed by atoms with Gasteiger partial charge in [-0.3, -0.25) is 9.80 Å². The lowest BCUT2D eigenvalue weighted by molar-refractivity contribution is 0.0480. The van der Waals surface area contributed by atoms with Crippen LogP contribution in [0.15, 0.2) is 36.4 Å². The van der Waals surface area contributed by atoms with Crippen LogP contribution < -0.4 is 14.4 Å². The van der Waals surface area contributed by atoms with E-state index >= 15 is 0 Å². The molecule has 6 heteroatoms. The van der Waals surface area contributed by atoms with Crippen LogP contribution in [0.4, 0.5) is 5.82 Å². The number of anilines is 1. The molecule has 0 radical (unpaired) electrons. The molecular formula is C29H44N4O2. The molecule has 0 aliphatic rings. The molecule has 35 heavy (non-hydrogen) atoms. The van der Waals surface area contributed by atoms with Crippen LogP contribution in [0.25, 0.3) is 21.7 Å². The maximum Gasteiger partial charge on any atom is 0.149 e. The van der Waals surface area contributed by atoms with Crippen molar-refractivity contribution in [2.24, 2.45) is 0 Å². The fourth-order valence-corrected chi connectivity index (χ4v) is 4.88. The highest BCUT2D eigenvalue weighted by atomic mass is 16.5. The van der Waals surface area contributed by atoms with Crippen LogP contribution >= 0.6 is 0 Å². The van der Waals surface area contributed by atoms with E-state index in [0.717, 1.165) is 72.9 Å². The van der Waals surface area contributed by atoms with Crippen molar-refractivity contribution in [3.63, 3.8) is 0 Å². The molecule has 0 saturated carbocycles. The van der Waals surface area contributed by atoms with Crippen molar-refractivity contribution in [3.05, 3.63) is 36.4 Å². The molecule has 0 fully saturated rings. The lowest BCUT2D eigenvalue weighted by Crippen LogP contribution is -2.36. The van der Waals surface area contributed by atoms with Crippen molar-refractivity contribution >= 4 is 27.5 Å². The molecule has 1 heterocycles. The van der Waals surface area contributed by atoms with E-state index in [4.69, 9.17) is 14.5 Å². The van der Waals surface area contributed by atoms with E-state index < -0.39 is 0 Å². The molecule has 2 atom stereocenters. The van der Waals surface area contributed by atoms with Crippen LogP contribution in [0.5, 0.6) is 11.5 Å². The Kier molecular flexibility index (Phi) is 9.58. The molecule has 2 aromatic carbocycles. The third-order valence-electron chi connectivity index (χ3n) is 7.05. The Morgan fingerprint density at radius 3 is 1.60 bits per heavy atom. The minimum absolute atomic E-state index is 0.0117. The van der Waals surface area contributed by atoms with Gasteiger partial charge in [-0.2, -0.15) is 0 Å². The zero-order valence-electron chi connectivity index (χ0n) is 23.0. The first-order valence-electron chi connectivity index (χ1n) is 13.3. The standard InChI is InChI=1S/C29H44N4O2/c1-9-31(10-2)21(7)34-23-15-17-25-26-18-16-24(35-22(8)32(11-3)12-4)20-28(26)30-29(27(25)19-23)33(13-5)14-6/h15-22H,9-14H2,1-8H3. The highest BCUT2D eigenvalue weighted by Gasteiger charge is 2.17. The van der Waals surface area contributed by atoms with Gasteiger partial charge >= 0.3 is 0 Å². The van der Waals surface area contributed by atoms with Crippen molar-refractivity contribution in [1.29, 1.82) is 0 Å². The number of hydrogen-bond donors (Lipinski definition) is 0. The van der Waals surface area contributed by atoms with Gasteiger partial charge < -0.3 is 14.4 Å². The summed E-state index contributed by atoms with van der Waals surface area (Å²) < 4.78 is 12.6. The first-order valence-corrected chi connectivity index (χ1v) is 13.3. The second kappa shape index (κ2) is 12.4. The van der Waals surface area contributed by atoms with Crippen molar-refractivity contribution in [1.82, 2.24) is 14.8 Å². The average molecular weight is 481 g/mol. The van der Waals surface area contributed by atoms with Gasteiger partial charge in [-0.1, -0.05) is 27.7 Å². The van der Waals surface area contributed by atoms with E-state index in [-0.39, 0.29) is 12.5 Å². The summed E-state index contributed by atoms with van der Waals surface area (Å²) in [4.78, 5) is 12.1. The summed E-state index contributed by atoms with van der Waals surface area (Å²) >= 11 is 0. The van der Waals surface area contributed by atoms with Crippen molar-refractivity contribution < 1.29 is 9.47 Å². The van der Waals surface area contributed by atoms with Gasteiger partial charge in [0.25, 0.3) is 0 Å². The Balaban J connectivity index is 2.08. The predicted octanol–water partition coefficient (Wildman–Crippen LogP) is 6.37. The van der Waals surface area contributed by atoms with Crippen LogP contribution in [0.3, 0.4) is 0 Å². The van der Waals surface area contributed by atoms with Gasteiger partial charge in [-0.15, -0.1) is 0 Å². The minimum atomic E-state index is 0.0117. The summed E-state index contributed by atoms with van der Waals surface area (Å²) in [6.07, 6.45) is 0.0259. The first-order chi connectivity index (χ1) is 16.9. The molecule has 0 saturated heterocycles. The Morgan fingerprint density at radius 1 is 0.629 bits per heavy atom. The molecule has 2 unspecified atom stereocenters. The number of hydrogen-bond acceptors (Lipinski definition) is 6. The quantitative estimate of drug-likeness (QED) is 0.209. The topological polar surface area (TPSA) is 41.1 Å². The summed E-state index contributed by atoms with van der Waals surface area (Å²) in [5.41, 5.74) is 0.953. The number of rotatable bonds is 13. The van der Waals surface area contributed by atoms with Crippen molar-refractivity contribution in [3.8, 4) is 11.5 Å². The fourth-order valence-electron chi connectivity index (χ4n) is 4.88. The number of ether oxygens (including phenoxy) is 2. The van der Waals surface area contributed by atoms with Crippen molar-refractivity contribution in [2.75, 3.05) is 44.2 Å². The first kappa shape index (κ1) is 27.0. The molecule has 3 rings (SSSR count). The average Bonchev–Trinajstić information content (AvgIpc) is 2.86. The predicted molar refractivity (Wildman–Crippen MR) is 149 cm³/mol. The van der Waals surface area contributed by atoms with Gasteiger partial charge in [0.2, 0.25) is 0 Å². The van der Waals surface area contributed by atoms with Crippen molar-refractivity contribution in [2.45, 2.75) is 67.8 Å². The Labute approximate surface area is 211 Å². The highest BCUT2D eigenvalue weighted by molar-refractivity contribution is 6.10. The summed E-state index contributed by atoms with van der Waals surface area (Å²) in [5, 5.41) is 3.43. The van der Waals surface area contributed by atoms with E-state index in [1.807, 2.05) is 0 Å². The van der Waals surface area contributed by atoms with E-state index in [9.17, 15) is 0 Å². The Morgan fingerprint density at radius 2 is 1.11 bits per heavy atom. The second-order valence-electron chi connectivity index (χ2n) is 8.87. The molecule has 0 amide bonds. The number of pyridine rings is 1. The van der Waals surface area contributed by atoms with Crippen LogP contribution in [0.2, 0.25) is 0 Å². The summed E-state index contributed by atoms with van der Waals surface area (Å²) in [5.74, 6) is 2.72. The van der Waals surface area contributed by atoms with Gasteiger partial charge in [-0.05, 0) is 89.6 Å². The maximum absolute atomic E-state index is 6.34. The van der Waals surface area contributed by atoms with Gasteiger partial charge in [0.05, 0.1) is 5.52 Å². The normalized spacial score (nSPS) is 13.5. The second-order valence-corrected chi connectivity index (χ2v) is 8.87. The third kappa shape index (κ3) is 5.99. The van der Waals surface area contributed by atoms with Crippen LogP contribution in [-0.2, 0) is 0 Å². The summed E-state index contributed by atoms with van der Waals surface area (Å²) in [6.45, 7) is 22.8. The van der Waals surface area contributed by atoms with Crippen LogP contribution in [-0.4, -0.2) is 66.5 Å². The van der Waals surface area contributed by atoms with E-state index in [0.29, 0.717) is 0 Å². The molecule has 192 valence electrons. The maximum atomic E-state index is 6.34. The molecule has 0 spiro atoms. The number of benzene rings is 2. The molecule has 0 bridgehead atoms. The summed E-state index contributed by atoms with van der Waals surface area (Å²) in [7, 11) is 0. The zero-order valence-corrected chi connectivity index (χ0v) is 23.0. The molecular weight excluding hydrogens is 436 g/mol. The molecule has 0 aliphatic heterocycles. The Bertz CT molecular complexity index is 1090. The fraction of sp³-hybridized carbons (Fsp3) is 0.552. The lowest BCUT2D eigenvalue weighted by Gasteiger charge is -2.28. The zero-order chi connectivity index (χ0) is 25.5. The minimum Gasteiger partial charge on any atom is -0.475 e. The Hall–Kier alpha value is -2.57. The lowest BCUT2D eigenvalue weighted by atomic mass is 10.0. The molecule has 6 nitrogen and oxygen atoms in total. The number of nitrogens with zero attached hydrogens (tertiary/aromatic N) is 4. The number of fused-ring (bicyclic) bond motifs is 3. The largest absolute Gasteiger partial charge is 0.475 e. The molecule has 0 aliphatic carbocycles. The van der Waals surface area contributed by atoms with Gasteiger partial charge in [0.1, 0.15) is 29.8 Å². The van der Waals surface area contributed by atoms with Crippen LogP contribution in [0.1, 0.15) is 55.4 Å². The molecule has 1 aromatic heterocycles. The van der Waals surface area contributed by atoms with Crippen LogP contribution in [0, 0.1) is 0 Å². The van der Waals surface area contributed by atoms with E-state index in [2.05, 4.69) is 106 Å².